The molecule has 2 nitrogen and oxygen atoms in total. The van der Waals surface area contributed by atoms with Gasteiger partial charge in [0, 0.05) is 5.57 Å². The summed E-state index contributed by atoms with van der Waals surface area (Å²) in [6.45, 7) is 2.64. The van der Waals surface area contributed by atoms with Gasteiger partial charge in [0.15, 0.2) is 5.78 Å². The van der Waals surface area contributed by atoms with Crippen molar-refractivity contribution in [3.05, 3.63) is 11.6 Å². The molecule has 0 aromatic heterocycles. The Labute approximate surface area is 48.1 Å². The molecule has 0 radical (unpaired) electrons. The van der Waals surface area contributed by atoms with Crippen LogP contribution in [-0.2, 0) is 9.53 Å². The maximum Gasteiger partial charge on any atom is 0.186 e. The average Bonchev–Trinajstić information content (AvgIpc) is 2.14. The molecule has 1 aliphatic rings. The standard InChI is InChI=1S/C6H8O2/c1-2-5-3-8-4-6(5)7/h2H,3-4H2,1H3/b5-2+. The zero-order chi connectivity index (χ0) is 5.98. The van der Waals surface area contributed by atoms with Crippen molar-refractivity contribution in [3.8, 4) is 0 Å². The van der Waals surface area contributed by atoms with Crippen LogP contribution in [0.1, 0.15) is 6.92 Å². The first-order valence-electron chi connectivity index (χ1n) is 2.60. The Morgan fingerprint density at radius 3 is 2.62 bits per heavy atom. The lowest BCUT2D eigenvalue weighted by molar-refractivity contribution is -0.115. The van der Waals surface area contributed by atoms with Gasteiger partial charge in [-0.15, -0.1) is 0 Å². The van der Waals surface area contributed by atoms with Crippen LogP contribution in [0.15, 0.2) is 11.6 Å². The first-order chi connectivity index (χ1) is 3.84. The van der Waals surface area contributed by atoms with Crippen LogP contribution in [0.3, 0.4) is 0 Å². The molecule has 0 unspecified atom stereocenters. The Morgan fingerprint density at radius 1 is 1.62 bits per heavy atom. The van der Waals surface area contributed by atoms with E-state index in [0.717, 1.165) is 5.57 Å². The van der Waals surface area contributed by atoms with Crippen LogP contribution in [-0.4, -0.2) is 19.0 Å². The monoisotopic (exact) mass is 112 g/mol. The molecule has 1 saturated heterocycles. The number of ether oxygens (including phenoxy) is 1. The number of hydrogen-bond donors (Lipinski definition) is 0. The third-order valence-electron chi connectivity index (χ3n) is 1.20. The molecule has 1 aliphatic heterocycles. The van der Waals surface area contributed by atoms with E-state index in [-0.39, 0.29) is 12.4 Å². The summed E-state index contributed by atoms with van der Waals surface area (Å²) in [5, 5.41) is 0. The lowest BCUT2D eigenvalue weighted by atomic mass is 10.2. The molecule has 1 fully saturated rings. The number of hydrogen-bond acceptors (Lipinski definition) is 2. The minimum atomic E-state index is 0.132. The van der Waals surface area contributed by atoms with Gasteiger partial charge in [-0.25, -0.2) is 0 Å². The zero-order valence-corrected chi connectivity index (χ0v) is 4.81. The van der Waals surface area contributed by atoms with Crippen LogP contribution in [0.4, 0.5) is 0 Å². The molecule has 0 saturated carbocycles. The fraction of sp³-hybridized carbons (Fsp3) is 0.500. The van der Waals surface area contributed by atoms with E-state index < -0.39 is 0 Å². The van der Waals surface area contributed by atoms with Crippen molar-refractivity contribution in [3.63, 3.8) is 0 Å². The normalized spacial score (nSPS) is 25.1. The first-order valence-corrected chi connectivity index (χ1v) is 2.60. The van der Waals surface area contributed by atoms with Crippen molar-refractivity contribution < 1.29 is 9.53 Å². The first kappa shape index (κ1) is 5.51. The second-order valence-electron chi connectivity index (χ2n) is 1.73. The molecule has 8 heavy (non-hydrogen) atoms. The topological polar surface area (TPSA) is 26.3 Å². The molecule has 0 N–H and O–H groups in total. The lowest BCUT2D eigenvalue weighted by Crippen LogP contribution is -1.96. The highest BCUT2D eigenvalue weighted by Crippen LogP contribution is 2.05. The fourth-order valence-electron chi connectivity index (χ4n) is 0.671. The molecule has 0 aliphatic carbocycles. The van der Waals surface area contributed by atoms with Crippen molar-refractivity contribution in [2.24, 2.45) is 0 Å². The van der Waals surface area contributed by atoms with E-state index in [1.54, 1.807) is 6.08 Å². The maximum absolute atomic E-state index is 10.6. The van der Waals surface area contributed by atoms with Gasteiger partial charge in [-0.1, -0.05) is 6.08 Å². The van der Waals surface area contributed by atoms with Crippen LogP contribution >= 0.6 is 0 Å². The van der Waals surface area contributed by atoms with E-state index in [0.29, 0.717) is 6.61 Å². The quantitative estimate of drug-likeness (QED) is 0.427. The second kappa shape index (κ2) is 2.09. The van der Waals surface area contributed by atoms with Crippen molar-refractivity contribution in [1.82, 2.24) is 0 Å². The summed E-state index contributed by atoms with van der Waals surface area (Å²) in [7, 11) is 0. The minimum absolute atomic E-state index is 0.132. The molecule has 1 rings (SSSR count). The van der Waals surface area contributed by atoms with Crippen molar-refractivity contribution in [2.75, 3.05) is 13.2 Å². The molecule has 0 aromatic rings. The van der Waals surface area contributed by atoms with Crippen LogP contribution in [0.5, 0.6) is 0 Å². The summed E-state index contributed by atoms with van der Waals surface area (Å²) in [4.78, 5) is 10.6. The summed E-state index contributed by atoms with van der Waals surface area (Å²) in [6, 6.07) is 0. The highest BCUT2D eigenvalue weighted by molar-refractivity contribution is 5.98. The molecule has 2 heteroatoms. The molecule has 0 amide bonds. The fourth-order valence-corrected chi connectivity index (χ4v) is 0.671. The van der Waals surface area contributed by atoms with Crippen LogP contribution in [0.2, 0.25) is 0 Å². The van der Waals surface area contributed by atoms with Gasteiger partial charge in [0.2, 0.25) is 0 Å². The predicted octanol–water partition coefficient (Wildman–Crippen LogP) is 0.532. The summed E-state index contributed by atoms with van der Waals surface area (Å²) in [6.07, 6.45) is 1.80. The van der Waals surface area contributed by atoms with E-state index in [1.165, 1.54) is 0 Å². The third kappa shape index (κ3) is 0.793. The Bertz CT molecular complexity index is 135. The number of carbonyl (C=O) groups excluding carboxylic acids is 1. The van der Waals surface area contributed by atoms with Gasteiger partial charge >= 0.3 is 0 Å². The summed E-state index contributed by atoms with van der Waals surface area (Å²) in [5.74, 6) is 0.132. The molecule has 0 atom stereocenters. The van der Waals surface area contributed by atoms with Gasteiger partial charge in [0.05, 0.1) is 6.61 Å². The molecular formula is C6H8O2. The minimum Gasteiger partial charge on any atom is -0.369 e. The SMILES string of the molecule is C/C=C1\COCC1=O. The lowest BCUT2D eigenvalue weighted by Gasteiger charge is -1.82. The molecule has 0 aromatic carbocycles. The predicted molar refractivity (Wildman–Crippen MR) is 29.6 cm³/mol. The van der Waals surface area contributed by atoms with Crippen molar-refractivity contribution in [1.29, 1.82) is 0 Å². The number of rotatable bonds is 0. The Balaban J connectivity index is 2.69. The number of ketones is 1. The second-order valence-corrected chi connectivity index (χ2v) is 1.73. The number of Topliss-reactive ketones (excluding diaryl/α,β-unsaturated/α-hetero) is 1. The van der Waals surface area contributed by atoms with Gasteiger partial charge in [-0.05, 0) is 6.92 Å². The summed E-state index contributed by atoms with van der Waals surface area (Å²) >= 11 is 0. The highest BCUT2D eigenvalue weighted by Gasteiger charge is 2.15. The smallest absolute Gasteiger partial charge is 0.186 e. The van der Waals surface area contributed by atoms with E-state index >= 15 is 0 Å². The highest BCUT2D eigenvalue weighted by atomic mass is 16.5. The van der Waals surface area contributed by atoms with Crippen molar-refractivity contribution in [2.45, 2.75) is 6.92 Å². The Hall–Kier alpha value is -0.630. The van der Waals surface area contributed by atoms with Gasteiger partial charge in [0.25, 0.3) is 0 Å². The Kier molecular flexibility index (Phi) is 1.44. The van der Waals surface area contributed by atoms with Crippen LogP contribution in [0.25, 0.3) is 0 Å². The van der Waals surface area contributed by atoms with Gasteiger partial charge in [-0.3, -0.25) is 4.79 Å². The summed E-state index contributed by atoms with van der Waals surface area (Å²) in [5.41, 5.74) is 0.810. The summed E-state index contributed by atoms with van der Waals surface area (Å²) < 4.78 is 4.84. The number of allylic oxidation sites excluding steroid dienone is 1. The van der Waals surface area contributed by atoms with Gasteiger partial charge in [0.1, 0.15) is 6.61 Å². The van der Waals surface area contributed by atoms with E-state index in [1.807, 2.05) is 6.92 Å². The molecule has 0 spiro atoms. The molecular weight excluding hydrogens is 104 g/mol. The largest absolute Gasteiger partial charge is 0.369 e. The van der Waals surface area contributed by atoms with Gasteiger partial charge in [-0.2, -0.15) is 0 Å². The third-order valence-corrected chi connectivity index (χ3v) is 1.20. The average molecular weight is 112 g/mol. The molecule has 0 bridgehead atoms. The Morgan fingerprint density at radius 2 is 2.38 bits per heavy atom. The van der Waals surface area contributed by atoms with Crippen LogP contribution in [0, 0.1) is 0 Å². The number of carbonyl (C=O) groups is 1. The molecule has 1 heterocycles. The zero-order valence-electron chi connectivity index (χ0n) is 4.81. The maximum atomic E-state index is 10.6. The van der Waals surface area contributed by atoms with Crippen LogP contribution < -0.4 is 0 Å². The van der Waals surface area contributed by atoms with E-state index in [2.05, 4.69) is 0 Å². The van der Waals surface area contributed by atoms with Gasteiger partial charge < -0.3 is 4.74 Å². The van der Waals surface area contributed by atoms with E-state index in [4.69, 9.17) is 4.74 Å². The van der Waals surface area contributed by atoms with E-state index in [9.17, 15) is 4.79 Å². The van der Waals surface area contributed by atoms with Crippen molar-refractivity contribution >= 4 is 5.78 Å². The molecule has 44 valence electrons.